The summed E-state index contributed by atoms with van der Waals surface area (Å²) in [4.78, 5) is 0.382. The van der Waals surface area contributed by atoms with Gasteiger partial charge in [0.1, 0.15) is 0 Å². The third kappa shape index (κ3) is 0.803. The minimum Gasteiger partial charge on any atom is -0.392 e. The Morgan fingerprint density at radius 2 is 1.56 bits per heavy atom. The van der Waals surface area contributed by atoms with E-state index in [0.29, 0.717) is 22.6 Å². The Kier molecular flexibility index (Phi) is 1.47. The lowest BCUT2D eigenvalue weighted by Gasteiger charge is -2.45. The molecule has 2 saturated heterocycles. The maximum atomic E-state index is 12.6. The molecule has 0 amide bonds. The van der Waals surface area contributed by atoms with E-state index in [-0.39, 0.29) is 24.1 Å². The lowest BCUT2D eigenvalue weighted by molar-refractivity contribution is 0.0264. The van der Waals surface area contributed by atoms with Crippen molar-refractivity contribution in [1.29, 1.82) is 0 Å². The van der Waals surface area contributed by atoms with Crippen molar-refractivity contribution in [2.75, 3.05) is 0 Å². The van der Waals surface area contributed by atoms with E-state index < -0.39 is 10.0 Å². The van der Waals surface area contributed by atoms with Gasteiger partial charge in [0.25, 0.3) is 0 Å². The Hall–Kier alpha value is -0.910. The van der Waals surface area contributed by atoms with Crippen molar-refractivity contribution in [2.45, 2.75) is 23.1 Å². The van der Waals surface area contributed by atoms with Gasteiger partial charge in [-0.2, -0.15) is 4.31 Å². The summed E-state index contributed by atoms with van der Waals surface area (Å²) in [6.45, 7) is 0. The molecule has 94 valence electrons. The fourth-order valence-electron chi connectivity index (χ4n) is 4.94. The second-order valence-electron chi connectivity index (χ2n) is 5.93. The van der Waals surface area contributed by atoms with Crippen molar-refractivity contribution in [2.24, 2.45) is 23.7 Å². The van der Waals surface area contributed by atoms with Crippen LogP contribution in [0.5, 0.6) is 0 Å². The molecule has 1 aromatic carbocycles. The molecule has 4 aliphatic carbocycles. The van der Waals surface area contributed by atoms with Crippen LogP contribution in [0.2, 0.25) is 0 Å². The molecule has 0 aromatic heterocycles. The predicted octanol–water partition coefficient (Wildman–Crippen LogP) is 0.295. The summed E-state index contributed by atoms with van der Waals surface area (Å²) in [5, 5.41) is 9.98. The van der Waals surface area contributed by atoms with Crippen molar-refractivity contribution in [3.05, 3.63) is 30.3 Å². The molecule has 1 aromatic rings. The summed E-state index contributed by atoms with van der Waals surface area (Å²) in [5.41, 5.74) is 0. The highest BCUT2D eigenvalue weighted by Gasteiger charge is 2.88. The zero-order valence-corrected chi connectivity index (χ0v) is 10.4. The molecule has 0 radical (unpaired) electrons. The van der Waals surface area contributed by atoms with Crippen LogP contribution in [0, 0.1) is 23.7 Å². The molecular formula is C13H13NO3S. The molecule has 7 rings (SSSR count). The highest BCUT2D eigenvalue weighted by Crippen LogP contribution is 2.79. The van der Waals surface area contributed by atoms with Gasteiger partial charge < -0.3 is 5.11 Å². The number of aliphatic hydroxyl groups is 1. The third-order valence-corrected chi connectivity index (χ3v) is 7.37. The fraction of sp³-hybridized carbons (Fsp3) is 0.538. The first-order valence-electron chi connectivity index (χ1n) is 6.41. The van der Waals surface area contributed by atoms with Gasteiger partial charge in [0, 0.05) is 18.0 Å². The van der Waals surface area contributed by atoms with Gasteiger partial charge in [0.15, 0.2) is 0 Å². The Labute approximate surface area is 105 Å². The quantitative estimate of drug-likeness (QED) is 0.834. The van der Waals surface area contributed by atoms with Crippen molar-refractivity contribution in [3.63, 3.8) is 0 Å². The normalized spacial score (nSPS) is 51.3. The molecular weight excluding hydrogens is 250 g/mol. The van der Waals surface area contributed by atoms with Crippen molar-refractivity contribution >= 4 is 10.0 Å². The van der Waals surface area contributed by atoms with Crippen molar-refractivity contribution in [3.8, 4) is 0 Å². The Morgan fingerprint density at radius 1 is 0.944 bits per heavy atom. The van der Waals surface area contributed by atoms with Crippen LogP contribution in [-0.2, 0) is 10.0 Å². The maximum Gasteiger partial charge on any atom is 0.243 e. The number of aliphatic hydroxyl groups excluding tert-OH is 1. The maximum absolute atomic E-state index is 12.6. The second-order valence-corrected chi connectivity index (χ2v) is 7.77. The van der Waals surface area contributed by atoms with Gasteiger partial charge in [-0.3, -0.25) is 0 Å². The average molecular weight is 263 g/mol. The molecule has 2 aliphatic heterocycles. The van der Waals surface area contributed by atoms with E-state index in [1.807, 2.05) is 6.07 Å². The smallest absolute Gasteiger partial charge is 0.243 e. The summed E-state index contributed by atoms with van der Waals surface area (Å²) < 4.78 is 26.8. The molecule has 6 bridgehead atoms. The number of sulfonamides is 1. The highest BCUT2D eigenvalue weighted by molar-refractivity contribution is 7.89. The molecule has 0 spiro atoms. The lowest BCUT2D eigenvalue weighted by atomic mass is 9.92. The molecule has 1 N–H and O–H groups in total. The van der Waals surface area contributed by atoms with Crippen LogP contribution in [0.3, 0.4) is 0 Å². The number of hydrogen-bond acceptors (Lipinski definition) is 3. The van der Waals surface area contributed by atoms with Gasteiger partial charge >= 0.3 is 0 Å². The molecule has 18 heavy (non-hydrogen) atoms. The summed E-state index contributed by atoms with van der Waals surface area (Å²) >= 11 is 0. The minimum atomic E-state index is -3.35. The first-order valence-corrected chi connectivity index (χ1v) is 7.85. The molecule has 4 nitrogen and oxygen atoms in total. The fourth-order valence-corrected chi connectivity index (χ4v) is 6.89. The van der Waals surface area contributed by atoms with E-state index in [4.69, 9.17) is 0 Å². The number of nitrogens with zero attached hydrogens (tertiary/aromatic N) is 1. The number of benzene rings is 1. The molecule has 5 atom stereocenters. The summed E-state index contributed by atoms with van der Waals surface area (Å²) in [6, 6.07) is 8.81. The van der Waals surface area contributed by atoms with Gasteiger partial charge in [0.05, 0.1) is 11.0 Å². The summed E-state index contributed by atoms with van der Waals surface area (Å²) in [6.07, 6.45) is -0.239. The van der Waals surface area contributed by atoms with Gasteiger partial charge in [-0.05, 0) is 29.9 Å². The van der Waals surface area contributed by atoms with Crippen LogP contribution in [0.15, 0.2) is 35.2 Å². The first-order chi connectivity index (χ1) is 8.64. The second kappa shape index (κ2) is 2.66. The Morgan fingerprint density at radius 3 is 2.06 bits per heavy atom. The standard InChI is InChI=1S/C13H13NO3S/c15-13-9-7-8(9)12-10(13)11(7)14(12)18(16,17)6-4-2-1-3-5-6/h1-5,7-13,15H. The summed E-state index contributed by atoms with van der Waals surface area (Å²) in [7, 11) is -3.35. The van der Waals surface area contributed by atoms with Crippen LogP contribution < -0.4 is 0 Å². The van der Waals surface area contributed by atoms with E-state index >= 15 is 0 Å². The van der Waals surface area contributed by atoms with E-state index in [9.17, 15) is 13.5 Å². The van der Waals surface area contributed by atoms with Crippen LogP contribution in [0.25, 0.3) is 0 Å². The van der Waals surface area contributed by atoms with Crippen molar-refractivity contribution in [1.82, 2.24) is 4.31 Å². The molecule has 6 aliphatic rings. The third-order valence-electron chi connectivity index (χ3n) is 5.46. The number of rotatable bonds is 2. The monoisotopic (exact) mass is 263 g/mol. The molecule has 5 heteroatoms. The van der Waals surface area contributed by atoms with Gasteiger partial charge in [-0.15, -0.1) is 0 Å². The highest BCUT2D eigenvalue weighted by atomic mass is 32.2. The number of hydrogen-bond donors (Lipinski definition) is 1. The van der Waals surface area contributed by atoms with E-state index in [1.165, 1.54) is 0 Å². The average Bonchev–Trinajstić information content (AvgIpc) is 2.60. The molecule has 5 unspecified atom stereocenters. The van der Waals surface area contributed by atoms with E-state index in [2.05, 4.69) is 0 Å². The van der Waals surface area contributed by atoms with E-state index in [1.54, 1.807) is 28.6 Å². The van der Waals surface area contributed by atoms with Crippen molar-refractivity contribution < 1.29 is 13.5 Å². The van der Waals surface area contributed by atoms with E-state index in [0.717, 1.165) is 0 Å². The molecule has 2 heterocycles. The Bertz CT molecular complexity index is 625. The van der Waals surface area contributed by atoms with Gasteiger partial charge in [0.2, 0.25) is 10.0 Å². The van der Waals surface area contributed by atoms with Crippen LogP contribution in [0.4, 0.5) is 0 Å². The topological polar surface area (TPSA) is 57.6 Å². The van der Waals surface area contributed by atoms with Gasteiger partial charge in [-0.25, -0.2) is 8.42 Å². The van der Waals surface area contributed by atoms with Crippen LogP contribution in [0.1, 0.15) is 0 Å². The lowest BCUT2D eigenvalue weighted by Crippen LogP contribution is -2.61. The Balaban J connectivity index is 1.57. The minimum absolute atomic E-state index is 0.0882. The summed E-state index contributed by atoms with van der Waals surface area (Å²) in [5.74, 6) is 1.54. The number of piperidine rings is 1. The zero-order chi connectivity index (χ0) is 12.2. The van der Waals surface area contributed by atoms with Gasteiger partial charge in [-0.1, -0.05) is 18.2 Å². The predicted molar refractivity (Wildman–Crippen MR) is 63.0 cm³/mol. The first kappa shape index (κ1) is 9.95. The van der Waals surface area contributed by atoms with Crippen LogP contribution >= 0.6 is 0 Å². The SMILES string of the molecule is O=S(=O)(c1ccccc1)N1C2C3C4C(O)C2C1C43. The zero-order valence-electron chi connectivity index (χ0n) is 9.55. The molecule has 4 saturated carbocycles. The molecule has 6 fully saturated rings. The van der Waals surface area contributed by atoms with Crippen LogP contribution in [-0.4, -0.2) is 36.0 Å². The largest absolute Gasteiger partial charge is 0.392 e.